The fraction of sp³-hybridized carbons (Fsp3) is 0.588. The van der Waals surface area contributed by atoms with Crippen LogP contribution in [0.15, 0.2) is 29.3 Å². The molecule has 0 aromatic heterocycles. The van der Waals surface area contributed by atoms with Crippen LogP contribution in [-0.4, -0.2) is 38.8 Å². The van der Waals surface area contributed by atoms with Gasteiger partial charge in [0.1, 0.15) is 0 Å². The lowest BCUT2D eigenvalue weighted by molar-refractivity contribution is 0.144. The zero-order valence-corrected chi connectivity index (χ0v) is 17.2. The molecular weight excluding hydrogens is 425 g/mol. The Balaban J connectivity index is 0.00000484. The molecule has 0 saturated heterocycles. The minimum absolute atomic E-state index is 0. The van der Waals surface area contributed by atoms with Gasteiger partial charge in [0.2, 0.25) is 0 Å². The third kappa shape index (κ3) is 11.6. The number of nitrogens with zero attached hydrogens (tertiary/aromatic N) is 1. The molecule has 1 rings (SSSR count). The first kappa shape index (κ1) is 22.5. The largest absolute Gasteiger partial charge is 0.382 e. The number of ether oxygens (including phenoxy) is 1. The summed E-state index contributed by atoms with van der Waals surface area (Å²) in [5, 5.41) is 7.40. The summed E-state index contributed by atoms with van der Waals surface area (Å²) in [6.45, 7) is 8.25. The van der Waals surface area contributed by atoms with Crippen LogP contribution in [0, 0.1) is 0 Å². The molecule has 6 heteroatoms. The molecule has 0 saturated carbocycles. The van der Waals surface area contributed by atoms with E-state index in [1.165, 1.54) is 5.56 Å². The normalized spacial score (nSPS) is 11.0. The minimum Gasteiger partial charge on any atom is -0.382 e. The first-order valence-electron chi connectivity index (χ1n) is 8.10. The minimum atomic E-state index is 0. The maximum atomic E-state index is 5.89. The van der Waals surface area contributed by atoms with Gasteiger partial charge in [0.05, 0.1) is 0 Å². The molecule has 0 amide bonds. The van der Waals surface area contributed by atoms with E-state index in [2.05, 4.69) is 34.7 Å². The van der Waals surface area contributed by atoms with Gasteiger partial charge in [0.15, 0.2) is 5.96 Å². The predicted molar refractivity (Wildman–Crippen MR) is 110 cm³/mol. The molecule has 0 radical (unpaired) electrons. The third-order valence-electron chi connectivity index (χ3n) is 3.13. The van der Waals surface area contributed by atoms with Crippen molar-refractivity contribution in [2.45, 2.75) is 33.1 Å². The van der Waals surface area contributed by atoms with E-state index in [1.807, 2.05) is 19.1 Å². The average Bonchev–Trinajstić information content (AvgIpc) is 2.52. The lowest BCUT2D eigenvalue weighted by Crippen LogP contribution is -2.38. The van der Waals surface area contributed by atoms with Crippen LogP contribution in [0.25, 0.3) is 0 Å². The van der Waals surface area contributed by atoms with E-state index in [9.17, 15) is 0 Å². The highest BCUT2D eigenvalue weighted by molar-refractivity contribution is 14.0. The number of unbranched alkanes of at least 4 members (excludes halogenated alkanes) is 1. The molecule has 132 valence electrons. The second-order valence-electron chi connectivity index (χ2n) is 4.97. The van der Waals surface area contributed by atoms with E-state index in [1.54, 1.807) is 0 Å². The molecule has 0 spiro atoms. The number of rotatable bonds is 10. The molecule has 0 aliphatic rings. The summed E-state index contributed by atoms with van der Waals surface area (Å²) >= 11 is 5.89. The van der Waals surface area contributed by atoms with Gasteiger partial charge in [-0.1, -0.05) is 23.7 Å². The number of aliphatic imine (C=N–C) groups is 1. The van der Waals surface area contributed by atoms with Crippen molar-refractivity contribution in [3.05, 3.63) is 34.9 Å². The van der Waals surface area contributed by atoms with E-state index < -0.39 is 0 Å². The zero-order chi connectivity index (χ0) is 16.0. The van der Waals surface area contributed by atoms with Crippen LogP contribution in [0.4, 0.5) is 0 Å². The topological polar surface area (TPSA) is 45.7 Å². The van der Waals surface area contributed by atoms with Gasteiger partial charge >= 0.3 is 0 Å². The van der Waals surface area contributed by atoms with Gasteiger partial charge in [-0.2, -0.15) is 0 Å². The Morgan fingerprint density at radius 1 is 1.13 bits per heavy atom. The zero-order valence-electron chi connectivity index (χ0n) is 14.1. The number of hydrogen-bond acceptors (Lipinski definition) is 2. The fourth-order valence-corrected chi connectivity index (χ4v) is 2.10. The van der Waals surface area contributed by atoms with Gasteiger partial charge in [0, 0.05) is 37.9 Å². The van der Waals surface area contributed by atoms with Crippen LogP contribution in [0.3, 0.4) is 0 Å². The highest BCUT2D eigenvalue weighted by atomic mass is 127. The molecule has 0 unspecified atom stereocenters. The predicted octanol–water partition coefficient (Wildman–Crippen LogP) is 3.87. The Kier molecular flexibility index (Phi) is 14.7. The lowest BCUT2D eigenvalue weighted by Gasteiger charge is -2.11. The number of halogens is 2. The number of benzene rings is 1. The standard InChI is InChI=1S/C17H28ClN3O.HI/c1-3-19-17(20-12-5-6-14-22-4-2)21-13-11-15-7-9-16(18)10-8-15;/h7-10H,3-6,11-14H2,1-2H3,(H2,19,20,21);1H. The number of guanidine groups is 1. The van der Waals surface area contributed by atoms with E-state index in [4.69, 9.17) is 16.3 Å². The Morgan fingerprint density at radius 3 is 2.52 bits per heavy atom. The van der Waals surface area contributed by atoms with Gasteiger partial charge in [-0.15, -0.1) is 24.0 Å². The second kappa shape index (κ2) is 15.0. The maximum Gasteiger partial charge on any atom is 0.191 e. The van der Waals surface area contributed by atoms with Crippen molar-refractivity contribution in [3.8, 4) is 0 Å². The fourth-order valence-electron chi connectivity index (χ4n) is 1.97. The smallest absolute Gasteiger partial charge is 0.191 e. The van der Waals surface area contributed by atoms with Crippen molar-refractivity contribution < 1.29 is 4.74 Å². The molecule has 0 fully saturated rings. The number of hydrogen-bond donors (Lipinski definition) is 2. The van der Waals surface area contributed by atoms with Crippen molar-refractivity contribution in [2.24, 2.45) is 4.99 Å². The Bertz CT molecular complexity index is 426. The van der Waals surface area contributed by atoms with Gasteiger partial charge in [-0.25, -0.2) is 0 Å². The highest BCUT2D eigenvalue weighted by Gasteiger charge is 1.98. The Hall–Kier alpha value is -0.530. The molecule has 23 heavy (non-hydrogen) atoms. The van der Waals surface area contributed by atoms with Crippen molar-refractivity contribution in [1.29, 1.82) is 0 Å². The lowest BCUT2D eigenvalue weighted by atomic mass is 10.1. The summed E-state index contributed by atoms with van der Waals surface area (Å²) in [6.07, 6.45) is 3.06. The van der Waals surface area contributed by atoms with Crippen molar-refractivity contribution in [2.75, 3.05) is 32.8 Å². The summed E-state index contributed by atoms with van der Waals surface area (Å²) in [5.74, 6) is 0.882. The molecule has 1 aromatic carbocycles. The molecule has 2 N–H and O–H groups in total. The van der Waals surface area contributed by atoms with Crippen molar-refractivity contribution in [1.82, 2.24) is 10.6 Å². The van der Waals surface area contributed by atoms with Gasteiger partial charge in [0.25, 0.3) is 0 Å². The summed E-state index contributed by atoms with van der Waals surface area (Å²) < 4.78 is 5.32. The van der Waals surface area contributed by atoms with Crippen LogP contribution in [0.5, 0.6) is 0 Å². The van der Waals surface area contributed by atoms with Crippen LogP contribution in [0.2, 0.25) is 5.02 Å². The molecule has 1 aromatic rings. The number of nitrogens with one attached hydrogen (secondary N) is 2. The molecule has 0 heterocycles. The first-order valence-corrected chi connectivity index (χ1v) is 8.48. The Labute approximate surface area is 162 Å². The van der Waals surface area contributed by atoms with Gasteiger partial charge in [-0.3, -0.25) is 4.99 Å². The summed E-state index contributed by atoms with van der Waals surface area (Å²) in [6, 6.07) is 7.97. The van der Waals surface area contributed by atoms with E-state index in [-0.39, 0.29) is 24.0 Å². The van der Waals surface area contributed by atoms with Crippen LogP contribution in [-0.2, 0) is 11.2 Å². The van der Waals surface area contributed by atoms with E-state index in [0.29, 0.717) is 0 Å². The van der Waals surface area contributed by atoms with E-state index >= 15 is 0 Å². The van der Waals surface area contributed by atoms with E-state index in [0.717, 1.165) is 63.1 Å². The van der Waals surface area contributed by atoms with Crippen molar-refractivity contribution in [3.63, 3.8) is 0 Å². The average molecular weight is 454 g/mol. The molecule has 0 aliphatic carbocycles. The molecular formula is C17H29ClIN3O. The SMILES string of the molecule is CCNC(=NCCCCOCC)NCCc1ccc(Cl)cc1.I. The molecule has 4 nitrogen and oxygen atoms in total. The van der Waals surface area contributed by atoms with Crippen molar-refractivity contribution >= 4 is 41.5 Å². The highest BCUT2D eigenvalue weighted by Crippen LogP contribution is 2.09. The van der Waals surface area contributed by atoms with Gasteiger partial charge < -0.3 is 15.4 Å². The molecule has 0 atom stereocenters. The second-order valence-corrected chi connectivity index (χ2v) is 5.40. The maximum absolute atomic E-state index is 5.89. The molecule has 0 aliphatic heterocycles. The summed E-state index contributed by atoms with van der Waals surface area (Å²) in [4.78, 5) is 4.57. The van der Waals surface area contributed by atoms with Gasteiger partial charge in [-0.05, 0) is 50.8 Å². The first-order chi connectivity index (χ1) is 10.8. The van der Waals surface area contributed by atoms with Crippen LogP contribution < -0.4 is 10.6 Å². The van der Waals surface area contributed by atoms with Crippen LogP contribution >= 0.6 is 35.6 Å². The summed E-state index contributed by atoms with van der Waals surface area (Å²) in [5.41, 5.74) is 1.27. The van der Waals surface area contributed by atoms with Crippen LogP contribution in [0.1, 0.15) is 32.3 Å². The third-order valence-corrected chi connectivity index (χ3v) is 3.39. The quantitative estimate of drug-likeness (QED) is 0.245. The molecule has 0 bridgehead atoms. The Morgan fingerprint density at radius 2 is 1.87 bits per heavy atom. The summed E-state index contributed by atoms with van der Waals surface area (Å²) in [7, 11) is 0. The monoisotopic (exact) mass is 453 g/mol.